The summed E-state index contributed by atoms with van der Waals surface area (Å²) in [5.41, 5.74) is 0.0959. The largest absolute Gasteiger partial charge is 0.504 e. The Labute approximate surface area is 142 Å². The predicted molar refractivity (Wildman–Crippen MR) is 88.0 cm³/mol. The minimum Gasteiger partial charge on any atom is -0.504 e. The number of phenols is 1. The van der Waals surface area contributed by atoms with Gasteiger partial charge in [-0.2, -0.15) is 0 Å². The molecule has 6 nitrogen and oxygen atoms in total. The van der Waals surface area contributed by atoms with E-state index in [2.05, 4.69) is 0 Å². The third kappa shape index (κ3) is 2.79. The summed E-state index contributed by atoms with van der Waals surface area (Å²) in [6, 6.07) is 4.82. The zero-order valence-electron chi connectivity index (χ0n) is 14.2. The number of hydrogen-bond acceptors (Lipinski definition) is 5. The van der Waals surface area contributed by atoms with Gasteiger partial charge in [0.2, 0.25) is 0 Å². The van der Waals surface area contributed by atoms with Crippen LogP contribution in [0.2, 0.25) is 0 Å². The topological polar surface area (TPSA) is 79.2 Å². The molecule has 1 aliphatic carbocycles. The minimum atomic E-state index is -0.751. The molecule has 2 fully saturated rings. The molecule has 1 aromatic carbocycles. The molecule has 6 heteroatoms. The quantitative estimate of drug-likeness (QED) is 0.869. The Balaban J connectivity index is 2.04. The summed E-state index contributed by atoms with van der Waals surface area (Å²) in [6.07, 6.45) is 3.85. The maximum Gasteiger partial charge on any atom is 0.410 e. The Morgan fingerprint density at radius 3 is 2.79 bits per heavy atom. The number of carbonyl (C=O) groups is 1. The fraction of sp³-hybridized carbons (Fsp3) is 0.611. The van der Waals surface area contributed by atoms with Gasteiger partial charge in [0, 0.05) is 12.5 Å². The van der Waals surface area contributed by atoms with Crippen LogP contribution in [-0.2, 0) is 4.74 Å². The fourth-order valence-electron chi connectivity index (χ4n) is 4.29. The number of phenolic OH excluding ortho intramolecular Hbond substituents is 1. The molecule has 24 heavy (non-hydrogen) atoms. The van der Waals surface area contributed by atoms with Gasteiger partial charge in [-0.05, 0) is 37.0 Å². The van der Waals surface area contributed by atoms with Gasteiger partial charge in [0.1, 0.15) is 0 Å². The van der Waals surface area contributed by atoms with Crippen LogP contribution in [-0.4, -0.2) is 47.6 Å². The van der Waals surface area contributed by atoms with Gasteiger partial charge in [0.05, 0.1) is 25.9 Å². The van der Waals surface area contributed by atoms with Crippen molar-refractivity contribution in [3.63, 3.8) is 0 Å². The van der Waals surface area contributed by atoms with E-state index in [-0.39, 0.29) is 23.8 Å². The molecular weight excluding hydrogens is 310 g/mol. The fourth-order valence-corrected chi connectivity index (χ4v) is 4.29. The lowest BCUT2D eigenvalue weighted by Crippen LogP contribution is -2.56. The zero-order chi connectivity index (χ0) is 17.3. The standard InChI is InChI=1S/C18H25NO5/c1-23-15-11-12(6-7-14(15)20)16-13-5-3-4-8-18(13,22)9-10-19(16)17(21)24-2/h6-7,11,13,16,20,22H,3-5,8-10H2,1-2H3. The van der Waals surface area contributed by atoms with Crippen molar-refractivity contribution in [3.8, 4) is 11.5 Å². The molecule has 1 saturated heterocycles. The molecule has 1 amide bonds. The molecule has 1 aliphatic heterocycles. The molecule has 0 aromatic heterocycles. The lowest BCUT2D eigenvalue weighted by molar-refractivity contribution is -0.117. The number of piperidine rings is 1. The van der Waals surface area contributed by atoms with Crippen LogP contribution in [0.15, 0.2) is 18.2 Å². The molecule has 2 aliphatic rings. The SMILES string of the molecule is COC(=O)N1CCC2(O)CCCCC2C1c1ccc(O)c(OC)c1. The number of hydrogen-bond donors (Lipinski definition) is 2. The van der Waals surface area contributed by atoms with Gasteiger partial charge >= 0.3 is 6.09 Å². The lowest BCUT2D eigenvalue weighted by Gasteiger charge is -2.52. The van der Waals surface area contributed by atoms with Crippen LogP contribution in [0.25, 0.3) is 0 Å². The molecular formula is C18H25NO5. The first-order valence-electron chi connectivity index (χ1n) is 8.44. The van der Waals surface area contributed by atoms with Gasteiger partial charge in [-0.3, -0.25) is 0 Å². The lowest BCUT2D eigenvalue weighted by atomic mass is 9.66. The first-order chi connectivity index (χ1) is 11.5. The molecule has 1 heterocycles. The van der Waals surface area contributed by atoms with Crippen LogP contribution in [0.3, 0.4) is 0 Å². The number of aliphatic hydroxyl groups is 1. The van der Waals surface area contributed by atoms with Crippen molar-refractivity contribution in [1.29, 1.82) is 0 Å². The van der Waals surface area contributed by atoms with E-state index in [1.54, 1.807) is 23.1 Å². The van der Waals surface area contributed by atoms with Crippen LogP contribution < -0.4 is 4.74 Å². The Hall–Kier alpha value is -1.95. The summed E-state index contributed by atoms with van der Waals surface area (Å²) in [6.45, 7) is 0.452. The molecule has 3 atom stereocenters. The summed E-state index contributed by atoms with van der Waals surface area (Å²) in [5, 5.41) is 21.0. The van der Waals surface area contributed by atoms with Crippen LogP contribution in [0.5, 0.6) is 11.5 Å². The van der Waals surface area contributed by atoms with E-state index in [9.17, 15) is 15.0 Å². The molecule has 3 rings (SSSR count). The van der Waals surface area contributed by atoms with Crippen LogP contribution in [0.1, 0.15) is 43.7 Å². The summed E-state index contributed by atoms with van der Waals surface area (Å²) in [7, 11) is 2.87. The first kappa shape index (κ1) is 16.9. The number of aromatic hydroxyl groups is 1. The van der Waals surface area contributed by atoms with Crippen molar-refractivity contribution in [2.75, 3.05) is 20.8 Å². The molecule has 3 unspecified atom stereocenters. The number of benzene rings is 1. The summed E-state index contributed by atoms with van der Waals surface area (Å²) < 4.78 is 10.2. The van der Waals surface area contributed by atoms with E-state index >= 15 is 0 Å². The van der Waals surface area contributed by atoms with Gasteiger partial charge in [-0.1, -0.05) is 18.9 Å². The number of methoxy groups -OCH3 is 2. The van der Waals surface area contributed by atoms with Gasteiger partial charge in [-0.25, -0.2) is 4.79 Å². The van der Waals surface area contributed by atoms with Crippen molar-refractivity contribution in [3.05, 3.63) is 23.8 Å². The van der Waals surface area contributed by atoms with Crippen molar-refractivity contribution < 1.29 is 24.5 Å². The molecule has 0 spiro atoms. The second-order valence-electron chi connectivity index (χ2n) is 6.75. The first-order valence-corrected chi connectivity index (χ1v) is 8.44. The highest BCUT2D eigenvalue weighted by Crippen LogP contribution is 2.50. The Kier molecular flexibility index (Phi) is 4.58. The molecule has 1 aromatic rings. The Bertz CT molecular complexity index is 619. The number of likely N-dealkylation sites (tertiary alicyclic amines) is 1. The highest BCUT2D eigenvalue weighted by Gasteiger charge is 2.50. The van der Waals surface area contributed by atoms with E-state index < -0.39 is 5.60 Å². The van der Waals surface area contributed by atoms with E-state index in [1.807, 2.05) is 0 Å². The third-order valence-corrected chi connectivity index (χ3v) is 5.52. The van der Waals surface area contributed by atoms with Gasteiger partial charge in [0.25, 0.3) is 0 Å². The normalized spacial score (nSPS) is 29.7. The van der Waals surface area contributed by atoms with Crippen LogP contribution >= 0.6 is 0 Å². The highest BCUT2D eigenvalue weighted by atomic mass is 16.5. The number of fused-ring (bicyclic) bond motifs is 1. The molecule has 0 bridgehead atoms. The van der Waals surface area contributed by atoms with Gasteiger partial charge in [0.15, 0.2) is 11.5 Å². The number of nitrogens with zero attached hydrogens (tertiary/aromatic N) is 1. The summed E-state index contributed by atoms with van der Waals surface area (Å²) in [4.78, 5) is 14.0. The average Bonchev–Trinajstić information content (AvgIpc) is 2.60. The van der Waals surface area contributed by atoms with E-state index in [4.69, 9.17) is 9.47 Å². The third-order valence-electron chi connectivity index (χ3n) is 5.52. The van der Waals surface area contributed by atoms with Gasteiger partial charge < -0.3 is 24.6 Å². The van der Waals surface area contributed by atoms with Crippen molar-refractivity contribution in [2.45, 2.75) is 43.7 Å². The number of rotatable bonds is 2. The second kappa shape index (κ2) is 6.51. The second-order valence-corrected chi connectivity index (χ2v) is 6.75. The highest BCUT2D eigenvalue weighted by molar-refractivity contribution is 5.68. The maximum absolute atomic E-state index is 12.3. The zero-order valence-corrected chi connectivity index (χ0v) is 14.2. The van der Waals surface area contributed by atoms with E-state index in [0.717, 1.165) is 31.2 Å². The van der Waals surface area contributed by atoms with Crippen LogP contribution in [0, 0.1) is 5.92 Å². The Morgan fingerprint density at radius 2 is 2.08 bits per heavy atom. The molecule has 2 N–H and O–H groups in total. The minimum absolute atomic E-state index is 0.0478. The number of amides is 1. The molecule has 0 radical (unpaired) electrons. The average molecular weight is 335 g/mol. The predicted octanol–water partition coefficient (Wildman–Crippen LogP) is 2.84. The molecule has 132 valence electrons. The van der Waals surface area contributed by atoms with Crippen molar-refractivity contribution in [2.24, 2.45) is 5.92 Å². The summed E-state index contributed by atoms with van der Waals surface area (Å²) >= 11 is 0. The summed E-state index contributed by atoms with van der Waals surface area (Å²) in [5.74, 6) is 0.371. The van der Waals surface area contributed by atoms with E-state index in [0.29, 0.717) is 18.7 Å². The maximum atomic E-state index is 12.3. The number of ether oxygens (including phenoxy) is 2. The van der Waals surface area contributed by atoms with Crippen molar-refractivity contribution in [1.82, 2.24) is 4.90 Å². The van der Waals surface area contributed by atoms with Gasteiger partial charge in [-0.15, -0.1) is 0 Å². The number of carbonyl (C=O) groups excluding carboxylic acids is 1. The van der Waals surface area contributed by atoms with Crippen LogP contribution in [0.4, 0.5) is 4.79 Å². The van der Waals surface area contributed by atoms with E-state index in [1.165, 1.54) is 14.2 Å². The Morgan fingerprint density at radius 1 is 1.29 bits per heavy atom. The molecule has 1 saturated carbocycles. The monoisotopic (exact) mass is 335 g/mol. The smallest absolute Gasteiger partial charge is 0.410 e. The van der Waals surface area contributed by atoms with Crippen molar-refractivity contribution >= 4 is 6.09 Å².